The number of nitrogens with zero attached hydrogens (tertiary/aromatic N) is 2. The van der Waals surface area contributed by atoms with Crippen LogP contribution < -0.4 is 15.4 Å². The minimum Gasteiger partial charge on any atom is -0.465 e. The fourth-order valence-corrected chi connectivity index (χ4v) is 7.61. The molecule has 1 aromatic rings. The third-order valence-corrected chi connectivity index (χ3v) is 11.0. The van der Waals surface area contributed by atoms with Gasteiger partial charge in [0, 0.05) is 43.7 Å². The number of carboxylic acid groups (broad SMARTS) is 1. The highest BCUT2D eigenvalue weighted by Crippen LogP contribution is 2.29. The fraction of sp³-hybridized carbons (Fsp3) is 0.686. The van der Waals surface area contributed by atoms with E-state index in [1.54, 1.807) is 11.8 Å². The van der Waals surface area contributed by atoms with Crippen LogP contribution in [0.1, 0.15) is 79.1 Å². The molecule has 17 heteroatoms. The van der Waals surface area contributed by atoms with Gasteiger partial charge in [-0.3, -0.25) is 14.4 Å². The number of benzene rings is 1. The highest BCUT2D eigenvalue weighted by atomic mass is 35.5. The molecule has 52 heavy (non-hydrogen) atoms. The Balaban J connectivity index is 1.56. The van der Waals surface area contributed by atoms with E-state index in [0.29, 0.717) is 50.0 Å². The standard InChI is InChI=1S/C35H54ClN5O10S/c1-5-50-32(44)29(39-52(48,49)28-12-10-27(36)11-13-28)22-37-30(42)23-38-31(43)26(8-6-24-14-18-40(19-15-24)33(45)46)9-7-25-16-20-41(21-17-25)34(47)51-35(2,3)4/h10-13,24-26,29,39H,5-9,14-23H2,1-4H3,(H,37,42)(H,38,43)(H,45,46)/t26?,29-/m0/s1. The van der Waals surface area contributed by atoms with Crippen molar-refractivity contribution in [2.45, 2.75) is 95.6 Å². The first-order chi connectivity index (χ1) is 24.5. The summed E-state index contributed by atoms with van der Waals surface area (Å²) in [5.74, 6) is -1.60. The van der Waals surface area contributed by atoms with Crippen molar-refractivity contribution in [1.29, 1.82) is 0 Å². The molecule has 292 valence electrons. The van der Waals surface area contributed by atoms with Gasteiger partial charge < -0.3 is 35.0 Å². The second kappa shape index (κ2) is 20.0. The van der Waals surface area contributed by atoms with Crippen LogP contribution in [0.25, 0.3) is 0 Å². The number of sulfonamides is 1. The zero-order chi connectivity index (χ0) is 38.5. The highest BCUT2D eigenvalue weighted by molar-refractivity contribution is 7.89. The number of piperidine rings is 2. The Bertz CT molecular complexity index is 1470. The first-order valence-corrected chi connectivity index (χ1v) is 19.8. The summed E-state index contributed by atoms with van der Waals surface area (Å²) in [5.41, 5.74) is -0.576. The van der Waals surface area contributed by atoms with Crippen LogP contribution in [0, 0.1) is 17.8 Å². The number of nitrogens with one attached hydrogen (secondary N) is 3. The van der Waals surface area contributed by atoms with Gasteiger partial charge in [-0.05, 0) is 115 Å². The lowest BCUT2D eigenvalue weighted by Crippen LogP contribution is -2.50. The summed E-state index contributed by atoms with van der Waals surface area (Å²) in [5, 5.41) is 14.8. The summed E-state index contributed by atoms with van der Waals surface area (Å²) >= 11 is 5.86. The van der Waals surface area contributed by atoms with E-state index < -0.39 is 52.1 Å². The first kappa shape index (κ1) is 42.8. The van der Waals surface area contributed by atoms with E-state index in [1.165, 1.54) is 29.2 Å². The number of carbonyl (C=O) groups excluding carboxylic acids is 4. The molecule has 0 spiro atoms. The molecule has 2 aliphatic rings. The molecule has 4 N–H and O–H groups in total. The maximum absolute atomic E-state index is 13.5. The molecule has 2 aliphatic heterocycles. The minimum atomic E-state index is -4.17. The molecule has 0 aromatic heterocycles. The highest BCUT2D eigenvalue weighted by Gasteiger charge is 2.31. The summed E-state index contributed by atoms with van der Waals surface area (Å²) in [7, 11) is -4.17. The second-order valence-electron chi connectivity index (χ2n) is 14.4. The van der Waals surface area contributed by atoms with Crippen LogP contribution >= 0.6 is 11.6 Å². The molecule has 2 atom stereocenters. The molecule has 2 heterocycles. The molecule has 1 unspecified atom stereocenters. The molecule has 2 fully saturated rings. The van der Waals surface area contributed by atoms with Crippen LogP contribution in [0.2, 0.25) is 5.02 Å². The molecule has 4 amide bonds. The van der Waals surface area contributed by atoms with Crippen molar-refractivity contribution in [3.63, 3.8) is 0 Å². The number of esters is 1. The van der Waals surface area contributed by atoms with E-state index >= 15 is 0 Å². The summed E-state index contributed by atoms with van der Waals surface area (Å²) in [6.07, 6.45) is 4.39. The van der Waals surface area contributed by atoms with Crippen molar-refractivity contribution < 1.29 is 47.0 Å². The predicted molar refractivity (Wildman–Crippen MR) is 193 cm³/mol. The van der Waals surface area contributed by atoms with Gasteiger partial charge >= 0.3 is 18.2 Å². The number of halogens is 1. The number of carbonyl (C=O) groups is 5. The Kier molecular flexibility index (Phi) is 16.5. The molecule has 0 aliphatic carbocycles. The van der Waals surface area contributed by atoms with Crippen LogP contribution in [0.3, 0.4) is 0 Å². The van der Waals surface area contributed by atoms with E-state index in [0.717, 1.165) is 38.5 Å². The van der Waals surface area contributed by atoms with Crippen LogP contribution in [-0.2, 0) is 33.9 Å². The second-order valence-corrected chi connectivity index (χ2v) is 16.5. The van der Waals surface area contributed by atoms with Gasteiger partial charge in [0.1, 0.15) is 11.6 Å². The number of likely N-dealkylation sites (tertiary alicyclic amines) is 2. The zero-order valence-corrected chi connectivity index (χ0v) is 32.1. The SMILES string of the molecule is CCOC(=O)[C@H](CNC(=O)CNC(=O)C(CCC1CCN(C(=O)O)CC1)CCC1CCN(C(=O)OC(C)(C)C)CC1)NS(=O)(=O)c1ccc(Cl)cc1. The van der Waals surface area contributed by atoms with Gasteiger partial charge in [-0.2, -0.15) is 4.72 Å². The largest absolute Gasteiger partial charge is 0.465 e. The van der Waals surface area contributed by atoms with E-state index in [4.69, 9.17) is 21.1 Å². The first-order valence-electron chi connectivity index (χ1n) is 17.9. The number of amides is 4. The van der Waals surface area contributed by atoms with Gasteiger partial charge in [-0.15, -0.1) is 0 Å². The Morgan fingerprint density at radius 1 is 0.904 bits per heavy atom. The maximum Gasteiger partial charge on any atom is 0.410 e. The Morgan fingerprint density at radius 3 is 1.94 bits per heavy atom. The van der Waals surface area contributed by atoms with Crippen molar-refractivity contribution in [2.75, 3.05) is 45.9 Å². The molecule has 2 saturated heterocycles. The normalized spacial score (nSPS) is 17.2. The number of rotatable bonds is 16. The van der Waals surface area contributed by atoms with Gasteiger partial charge in [-0.1, -0.05) is 11.6 Å². The molecular weight excluding hydrogens is 718 g/mol. The topological polar surface area (TPSA) is 201 Å². The van der Waals surface area contributed by atoms with E-state index in [1.807, 2.05) is 20.8 Å². The van der Waals surface area contributed by atoms with Gasteiger partial charge in [-0.25, -0.2) is 18.0 Å². The monoisotopic (exact) mass is 771 g/mol. The van der Waals surface area contributed by atoms with Crippen molar-refractivity contribution in [3.05, 3.63) is 29.3 Å². The van der Waals surface area contributed by atoms with E-state index in [9.17, 15) is 37.5 Å². The molecule has 3 rings (SSSR count). The molecule has 15 nitrogen and oxygen atoms in total. The predicted octanol–water partition coefficient (Wildman–Crippen LogP) is 4.00. The third-order valence-electron chi connectivity index (χ3n) is 9.29. The lowest BCUT2D eigenvalue weighted by molar-refractivity contribution is -0.145. The Hall–Kier alpha value is -3.63. The molecule has 0 saturated carbocycles. The Labute approximate surface area is 311 Å². The maximum atomic E-state index is 13.5. The van der Waals surface area contributed by atoms with Crippen molar-refractivity contribution in [1.82, 2.24) is 25.2 Å². The minimum absolute atomic E-state index is 0.00900. The third kappa shape index (κ3) is 14.4. The number of hydrogen-bond acceptors (Lipinski definition) is 9. The number of hydrogen-bond donors (Lipinski definition) is 4. The van der Waals surface area contributed by atoms with Crippen LogP contribution in [0.4, 0.5) is 9.59 Å². The molecule has 0 bridgehead atoms. The van der Waals surface area contributed by atoms with Crippen molar-refractivity contribution >= 4 is 51.6 Å². The fourth-order valence-electron chi connectivity index (χ4n) is 6.30. The van der Waals surface area contributed by atoms with Crippen molar-refractivity contribution in [3.8, 4) is 0 Å². The van der Waals surface area contributed by atoms with Gasteiger partial charge in [0.15, 0.2) is 0 Å². The quantitative estimate of drug-likeness (QED) is 0.178. The molecular formula is C35H54ClN5O10S. The Morgan fingerprint density at radius 2 is 1.44 bits per heavy atom. The molecule has 1 aromatic carbocycles. The zero-order valence-electron chi connectivity index (χ0n) is 30.5. The average Bonchev–Trinajstić information content (AvgIpc) is 3.09. The van der Waals surface area contributed by atoms with Crippen LogP contribution in [-0.4, -0.2) is 111 Å². The lowest BCUT2D eigenvalue weighted by atomic mass is 9.84. The van der Waals surface area contributed by atoms with Gasteiger partial charge in [0.05, 0.1) is 18.0 Å². The van der Waals surface area contributed by atoms with Crippen LogP contribution in [0.15, 0.2) is 29.2 Å². The van der Waals surface area contributed by atoms with Crippen molar-refractivity contribution in [2.24, 2.45) is 17.8 Å². The van der Waals surface area contributed by atoms with E-state index in [-0.39, 0.29) is 36.0 Å². The molecule has 0 radical (unpaired) electrons. The smallest absolute Gasteiger partial charge is 0.410 e. The summed E-state index contributed by atoms with van der Waals surface area (Å²) < 4.78 is 38.6. The summed E-state index contributed by atoms with van der Waals surface area (Å²) in [6, 6.07) is 3.92. The summed E-state index contributed by atoms with van der Waals surface area (Å²) in [6.45, 7) is 8.29. The summed E-state index contributed by atoms with van der Waals surface area (Å²) in [4.78, 5) is 65.7. The van der Waals surface area contributed by atoms with Gasteiger partial charge in [0.2, 0.25) is 21.8 Å². The van der Waals surface area contributed by atoms with Gasteiger partial charge in [0.25, 0.3) is 0 Å². The average molecular weight is 772 g/mol. The number of ether oxygens (including phenoxy) is 2. The lowest BCUT2D eigenvalue weighted by Gasteiger charge is -2.34. The van der Waals surface area contributed by atoms with Crippen LogP contribution in [0.5, 0.6) is 0 Å². The van der Waals surface area contributed by atoms with E-state index in [2.05, 4.69) is 15.4 Å².